The van der Waals surface area contributed by atoms with Crippen molar-refractivity contribution in [3.63, 3.8) is 0 Å². The second-order valence-electron chi connectivity index (χ2n) is 9.84. The van der Waals surface area contributed by atoms with E-state index < -0.39 is 83.8 Å². The number of nitrogens with two attached hydrogens (primary N) is 2. The number of phosphoric ester groups is 2. The number of aromatic nitrogens is 4. The number of rotatable bonds is 11. The average Bonchev–Trinajstić information content (AvgIpc) is 3.61. The fraction of sp³-hybridized carbons (Fsp3) is 0.524. The first kappa shape index (κ1) is 32.5. The van der Waals surface area contributed by atoms with Crippen LogP contribution >= 0.6 is 15.6 Å². The number of aliphatic hydroxyl groups excluding tert-OH is 4. The van der Waals surface area contributed by atoms with Gasteiger partial charge in [0, 0.05) is 18.0 Å². The van der Waals surface area contributed by atoms with Crippen LogP contribution in [-0.2, 0) is 36.8 Å². The molecule has 2 unspecified atom stereocenters. The van der Waals surface area contributed by atoms with Crippen LogP contribution in [0.4, 0.5) is 5.82 Å². The van der Waals surface area contributed by atoms with Crippen LogP contribution in [0, 0.1) is 0 Å². The van der Waals surface area contributed by atoms with E-state index in [1.807, 2.05) is 0 Å². The number of hydrogen-bond acceptors (Lipinski definition) is 17. The zero-order valence-electron chi connectivity index (χ0n) is 22.4. The van der Waals surface area contributed by atoms with E-state index in [9.17, 15) is 44.1 Å². The molecule has 23 heteroatoms. The Morgan fingerprint density at radius 2 is 1.55 bits per heavy atom. The summed E-state index contributed by atoms with van der Waals surface area (Å²) in [6.07, 6.45) is -4.88. The lowest BCUT2D eigenvalue weighted by atomic mass is 10.1. The molecular weight excluding hydrogens is 636 g/mol. The highest BCUT2D eigenvalue weighted by molar-refractivity contribution is 7.61. The Morgan fingerprint density at radius 3 is 2.16 bits per heavy atom. The third-order valence-electron chi connectivity index (χ3n) is 6.88. The highest BCUT2D eigenvalue weighted by Crippen LogP contribution is 2.60. The first-order valence-corrected chi connectivity index (χ1v) is 15.7. The van der Waals surface area contributed by atoms with Crippen molar-refractivity contribution in [1.29, 1.82) is 0 Å². The number of primary amides is 1. The zero-order valence-corrected chi connectivity index (χ0v) is 24.2. The van der Waals surface area contributed by atoms with Crippen molar-refractivity contribution in [2.24, 2.45) is 5.73 Å². The maximum atomic E-state index is 12.4. The molecule has 10 atom stereocenters. The highest BCUT2D eigenvalue weighted by Gasteiger charge is 2.48. The maximum absolute atomic E-state index is 12.4. The largest absolute Gasteiger partial charge is 0.481 e. The van der Waals surface area contributed by atoms with Gasteiger partial charge in [-0.05, 0) is 6.42 Å². The molecule has 0 aromatic carbocycles. The molecule has 242 valence electrons. The highest BCUT2D eigenvalue weighted by atomic mass is 31.3. The lowest BCUT2D eigenvalue weighted by molar-refractivity contribution is -0.115. The number of ether oxygens (including phenoxy) is 2. The number of hydrogen-bond donors (Lipinski definition) is 8. The average molecular weight is 665 g/mol. The van der Waals surface area contributed by atoms with Gasteiger partial charge in [-0.2, -0.15) is 4.31 Å². The summed E-state index contributed by atoms with van der Waals surface area (Å²) in [5.74, 6) is -0.658. The first-order chi connectivity index (χ1) is 20.7. The van der Waals surface area contributed by atoms with Crippen molar-refractivity contribution >= 4 is 38.5 Å². The molecule has 0 spiro atoms. The molecule has 5 rings (SSSR count). The molecule has 44 heavy (non-hydrogen) atoms. The second-order valence-corrected chi connectivity index (χ2v) is 12.9. The SMILES string of the molecule is NC(=O)C1=CN([C@@H]2O[C@H](COP(=O)(O)OP(=O)(O)OC[C@H]3O[C@@H](n4cnc5c(N)ncnc54)[C@H](O)[C@@H]3O)[C@H](O)[C@H]2O)C=CC1. The number of anilines is 1. The summed E-state index contributed by atoms with van der Waals surface area (Å²) >= 11 is 0. The fourth-order valence-electron chi connectivity index (χ4n) is 4.68. The lowest BCUT2D eigenvalue weighted by Gasteiger charge is -2.28. The van der Waals surface area contributed by atoms with Crippen LogP contribution in [-0.4, -0.2) is 117 Å². The smallest absolute Gasteiger partial charge is 0.387 e. The standard InChI is InChI=1S/C21H29N7O14P2/c22-17-12-19(25-7-24-17)28(8-26-12)21-16(32)14(30)11(41-21)6-39-44(36,37)42-43(34,35)38-5-10-13(29)15(31)20(40-10)27-3-1-2-9(4-27)18(23)33/h1,3-4,7-8,10-11,13-16,20-21,29-32H,2,5-6H2,(H2,23,33)(H,34,35)(H,36,37)(H2,22,24,25)/t10-,11-,13+,14-,15-,16-,20-,21-/m1/s1. The van der Waals surface area contributed by atoms with Gasteiger partial charge in [-0.1, -0.05) is 6.08 Å². The summed E-state index contributed by atoms with van der Waals surface area (Å²) in [6.45, 7) is -1.79. The predicted molar refractivity (Wildman–Crippen MR) is 142 cm³/mol. The van der Waals surface area contributed by atoms with Gasteiger partial charge in [0.25, 0.3) is 0 Å². The van der Waals surface area contributed by atoms with Gasteiger partial charge in [0.15, 0.2) is 23.9 Å². The summed E-state index contributed by atoms with van der Waals surface area (Å²) in [4.78, 5) is 44.6. The molecule has 2 fully saturated rings. The van der Waals surface area contributed by atoms with E-state index in [1.54, 1.807) is 6.08 Å². The van der Waals surface area contributed by atoms with Crippen molar-refractivity contribution < 1.29 is 67.0 Å². The predicted octanol–water partition coefficient (Wildman–Crippen LogP) is -2.69. The Kier molecular flexibility index (Phi) is 9.23. The maximum Gasteiger partial charge on any atom is 0.481 e. The quantitative estimate of drug-likeness (QED) is 0.113. The summed E-state index contributed by atoms with van der Waals surface area (Å²) < 4.78 is 50.8. The number of aliphatic hydroxyl groups is 4. The van der Waals surface area contributed by atoms with E-state index in [1.165, 1.54) is 28.2 Å². The normalized spacial score (nSPS) is 33.3. The van der Waals surface area contributed by atoms with Crippen molar-refractivity contribution in [2.45, 2.75) is 55.5 Å². The number of nitrogen functional groups attached to an aromatic ring is 1. The molecule has 2 aromatic rings. The molecule has 1 amide bonds. The monoisotopic (exact) mass is 665 g/mol. The minimum atomic E-state index is -5.37. The van der Waals surface area contributed by atoms with Crippen LogP contribution in [0.25, 0.3) is 11.2 Å². The van der Waals surface area contributed by atoms with Gasteiger partial charge in [0.05, 0.1) is 19.5 Å². The van der Waals surface area contributed by atoms with Crippen LogP contribution in [0.15, 0.2) is 36.7 Å². The molecule has 21 nitrogen and oxygen atoms in total. The van der Waals surface area contributed by atoms with Gasteiger partial charge in [-0.15, -0.1) is 0 Å². The Morgan fingerprint density at radius 1 is 0.955 bits per heavy atom. The van der Waals surface area contributed by atoms with E-state index in [0.29, 0.717) is 0 Å². The zero-order chi connectivity index (χ0) is 32.0. The minimum absolute atomic E-state index is 0.0517. The first-order valence-electron chi connectivity index (χ1n) is 12.7. The molecule has 3 aliphatic heterocycles. The molecular formula is C21H29N7O14P2. The van der Waals surface area contributed by atoms with E-state index >= 15 is 0 Å². The molecule has 2 saturated heterocycles. The molecule has 3 aliphatic rings. The van der Waals surface area contributed by atoms with Gasteiger partial charge < -0.3 is 56.1 Å². The summed E-state index contributed by atoms with van der Waals surface area (Å²) in [6, 6.07) is 0. The fourth-order valence-corrected chi connectivity index (χ4v) is 6.77. The van der Waals surface area contributed by atoms with Crippen molar-refractivity contribution in [3.8, 4) is 0 Å². The van der Waals surface area contributed by atoms with Crippen LogP contribution in [0.1, 0.15) is 12.6 Å². The Balaban J connectivity index is 1.15. The molecule has 0 bridgehead atoms. The van der Waals surface area contributed by atoms with Crippen molar-refractivity contribution in [1.82, 2.24) is 24.4 Å². The summed E-state index contributed by atoms with van der Waals surface area (Å²) in [5.41, 5.74) is 11.6. The molecule has 0 aliphatic carbocycles. The van der Waals surface area contributed by atoms with Gasteiger partial charge in [-0.3, -0.25) is 18.4 Å². The Bertz CT molecular complexity index is 1560. The Labute approximate surface area is 247 Å². The van der Waals surface area contributed by atoms with Gasteiger partial charge in [0.2, 0.25) is 5.91 Å². The van der Waals surface area contributed by atoms with Gasteiger partial charge in [0.1, 0.15) is 48.5 Å². The second kappa shape index (κ2) is 12.5. The molecule has 0 saturated carbocycles. The van der Waals surface area contributed by atoms with Gasteiger partial charge >= 0.3 is 15.6 Å². The third kappa shape index (κ3) is 6.70. The number of fused-ring (bicyclic) bond motifs is 1. The number of carbonyl (C=O) groups is 1. The van der Waals surface area contributed by atoms with E-state index in [-0.39, 0.29) is 29.0 Å². The van der Waals surface area contributed by atoms with Crippen LogP contribution < -0.4 is 11.5 Å². The van der Waals surface area contributed by atoms with E-state index in [0.717, 1.165) is 6.33 Å². The minimum Gasteiger partial charge on any atom is -0.387 e. The summed E-state index contributed by atoms with van der Waals surface area (Å²) in [5, 5.41) is 41.6. The Hall–Kier alpha value is -2.88. The number of carbonyl (C=O) groups excluding carboxylic acids is 1. The lowest BCUT2D eigenvalue weighted by Crippen LogP contribution is -2.40. The van der Waals surface area contributed by atoms with Crippen LogP contribution in [0.2, 0.25) is 0 Å². The summed E-state index contributed by atoms with van der Waals surface area (Å²) in [7, 11) is -10.7. The number of allylic oxidation sites excluding steroid dienone is 1. The number of amides is 1. The van der Waals surface area contributed by atoms with Crippen molar-refractivity contribution in [3.05, 3.63) is 36.7 Å². The number of phosphoric acid groups is 2. The molecule has 0 radical (unpaired) electrons. The van der Waals surface area contributed by atoms with Crippen LogP contribution in [0.3, 0.4) is 0 Å². The van der Waals surface area contributed by atoms with E-state index in [4.69, 9.17) is 30.0 Å². The molecule has 10 N–H and O–H groups in total. The van der Waals surface area contributed by atoms with E-state index in [2.05, 4.69) is 19.3 Å². The van der Waals surface area contributed by atoms with Crippen LogP contribution in [0.5, 0.6) is 0 Å². The molecule has 5 heterocycles. The number of nitrogens with zero attached hydrogens (tertiary/aromatic N) is 5. The number of imidazole rings is 1. The molecule has 2 aromatic heterocycles. The third-order valence-corrected chi connectivity index (χ3v) is 9.48. The van der Waals surface area contributed by atoms with Crippen molar-refractivity contribution in [2.75, 3.05) is 18.9 Å². The topological polar surface area (TPSA) is 318 Å². The van der Waals surface area contributed by atoms with Gasteiger partial charge in [-0.25, -0.2) is 24.1 Å².